The van der Waals surface area contributed by atoms with Gasteiger partial charge in [0.2, 0.25) is 0 Å². The lowest BCUT2D eigenvalue weighted by atomic mass is 10.1. The van der Waals surface area contributed by atoms with E-state index < -0.39 is 0 Å². The Labute approximate surface area is 90.1 Å². The Balaban J connectivity index is 3.69. The fourth-order valence-electron chi connectivity index (χ4n) is 1.80. The fraction of sp³-hybridized carbons (Fsp3) is 1.00. The zero-order chi connectivity index (χ0) is 10.8. The second-order valence-electron chi connectivity index (χ2n) is 4.20. The Morgan fingerprint density at radius 2 is 1.79 bits per heavy atom. The highest BCUT2D eigenvalue weighted by molar-refractivity contribution is 4.69. The minimum atomic E-state index is 0.691. The third-order valence-electron chi connectivity index (χ3n) is 2.46. The van der Waals surface area contributed by atoms with Gasteiger partial charge in [-0.15, -0.1) is 0 Å². The van der Waals surface area contributed by atoms with Crippen LogP contribution in [0.5, 0.6) is 0 Å². The normalized spacial score (nSPS) is 13.5. The lowest BCUT2D eigenvalue weighted by Crippen LogP contribution is -2.40. The summed E-state index contributed by atoms with van der Waals surface area (Å²) in [6.45, 7) is 10.3. The Bertz CT molecular complexity index is 115. The molecule has 0 heterocycles. The van der Waals surface area contributed by atoms with Crippen molar-refractivity contribution in [3.05, 3.63) is 0 Å². The van der Waals surface area contributed by atoms with Gasteiger partial charge in [-0.05, 0) is 39.4 Å². The van der Waals surface area contributed by atoms with E-state index in [1.165, 1.54) is 38.8 Å². The number of nitrogens with zero attached hydrogens (tertiary/aromatic N) is 1. The summed E-state index contributed by atoms with van der Waals surface area (Å²) in [6.07, 6.45) is 5.07. The zero-order valence-corrected chi connectivity index (χ0v) is 10.5. The molecular formula is C12H28N2. The predicted molar refractivity (Wildman–Crippen MR) is 64.8 cm³/mol. The second kappa shape index (κ2) is 9.47. The average molecular weight is 200 g/mol. The van der Waals surface area contributed by atoms with Crippen molar-refractivity contribution >= 4 is 0 Å². The molecule has 2 heteroatoms. The van der Waals surface area contributed by atoms with E-state index in [0.29, 0.717) is 6.04 Å². The largest absolute Gasteiger partial charge is 0.313 e. The first kappa shape index (κ1) is 13.9. The van der Waals surface area contributed by atoms with Crippen LogP contribution in [-0.2, 0) is 0 Å². The molecule has 0 amide bonds. The van der Waals surface area contributed by atoms with Crippen LogP contribution in [0.4, 0.5) is 0 Å². The van der Waals surface area contributed by atoms with Crippen LogP contribution in [0, 0.1) is 0 Å². The summed E-state index contributed by atoms with van der Waals surface area (Å²) in [5, 5.41) is 3.62. The van der Waals surface area contributed by atoms with Crippen molar-refractivity contribution in [1.29, 1.82) is 0 Å². The molecule has 14 heavy (non-hydrogen) atoms. The van der Waals surface area contributed by atoms with Crippen LogP contribution in [0.3, 0.4) is 0 Å². The maximum atomic E-state index is 3.62. The van der Waals surface area contributed by atoms with Crippen molar-refractivity contribution in [3.63, 3.8) is 0 Å². The summed E-state index contributed by atoms with van der Waals surface area (Å²) in [5.41, 5.74) is 0. The third kappa shape index (κ3) is 7.34. The number of likely N-dealkylation sites (N-methyl/N-ethyl adjacent to an activating group) is 1. The van der Waals surface area contributed by atoms with Gasteiger partial charge in [0.15, 0.2) is 0 Å². The van der Waals surface area contributed by atoms with Crippen molar-refractivity contribution in [2.45, 2.75) is 52.5 Å². The summed E-state index contributed by atoms with van der Waals surface area (Å²) in [7, 11) is 2.22. The molecule has 0 rings (SSSR count). The summed E-state index contributed by atoms with van der Waals surface area (Å²) in [6, 6.07) is 0.691. The van der Waals surface area contributed by atoms with E-state index in [-0.39, 0.29) is 0 Å². The zero-order valence-electron chi connectivity index (χ0n) is 10.5. The van der Waals surface area contributed by atoms with Gasteiger partial charge in [0.25, 0.3) is 0 Å². The van der Waals surface area contributed by atoms with Crippen molar-refractivity contribution < 1.29 is 0 Å². The number of nitrogens with one attached hydrogen (secondary N) is 1. The summed E-state index contributed by atoms with van der Waals surface area (Å²) in [4.78, 5) is 2.43. The smallest absolute Gasteiger partial charge is 0.0194 e. The van der Waals surface area contributed by atoms with Gasteiger partial charge in [-0.2, -0.15) is 0 Å². The number of hydrogen-bond acceptors (Lipinski definition) is 2. The quantitative estimate of drug-likeness (QED) is 0.615. The van der Waals surface area contributed by atoms with Gasteiger partial charge in [-0.3, -0.25) is 0 Å². The van der Waals surface area contributed by atoms with Crippen molar-refractivity contribution in [1.82, 2.24) is 10.2 Å². The molecule has 1 unspecified atom stereocenters. The highest BCUT2D eigenvalue weighted by atomic mass is 15.1. The van der Waals surface area contributed by atoms with Crippen molar-refractivity contribution in [2.24, 2.45) is 0 Å². The van der Waals surface area contributed by atoms with Gasteiger partial charge >= 0.3 is 0 Å². The molecule has 2 nitrogen and oxygen atoms in total. The van der Waals surface area contributed by atoms with Crippen LogP contribution in [0.15, 0.2) is 0 Å². The highest BCUT2D eigenvalue weighted by Gasteiger charge is 2.08. The molecule has 0 spiro atoms. The van der Waals surface area contributed by atoms with Gasteiger partial charge in [-0.25, -0.2) is 0 Å². The van der Waals surface area contributed by atoms with Crippen LogP contribution in [0.1, 0.15) is 46.5 Å². The van der Waals surface area contributed by atoms with E-state index in [1.54, 1.807) is 0 Å². The van der Waals surface area contributed by atoms with E-state index in [2.05, 4.69) is 38.0 Å². The second-order valence-corrected chi connectivity index (χ2v) is 4.20. The van der Waals surface area contributed by atoms with Crippen molar-refractivity contribution in [3.8, 4) is 0 Å². The molecule has 0 aliphatic rings. The first-order valence-corrected chi connectivity index (χ1v) is 6.16. The van der Waals surface area contributed by atoms with E-state index in [4.69, 9.17) is 0 Å². The standard InChI is InChI=1S/C12H28N2/c1-5-8-12(13-9-6-2)11-14(4)10-7-3/h12-13H,5-11H2,1-4H3. The van der Waals surface area contributed by atoms with Crippen LogP contribution >= 0.6 is 0 Å². The lowest BCUT2D eigenvalue weighted by Gasteiger charge is -2.24. The molecule has 0 fully saturated rings. The van der Waals surface area contributed by atoms with E-state index in [1.807, 2.05) is 0 Å². The average Bonchev–Trinajstić information content (AvgIpc) is 2.15. The van der Waals surface area contributed by atoms with E-state index in [9.17, 15) is 0 Å². The van der Waals surface area contributed by atoms with Gasteiger partial charge in [0.1, 0.15) is 0 Å². The topological polar surface area (TPSA) is 15.3 Å². The maximum absolute atomic E-state index is 3.62. The van der Waals surface area contributed by atoms with E-state index in [0.717, 1.165) is 6.54 Å². The van der Waals surface area contributed by atoms with Gasteiger partial charge in [0.05, 0.1) is 0 Å². The van der Waals surface area contributed by atoms with Crippen molar-refractivity contribution in [2.75, 3.05) is 26.7 Å². The predicted octanol–water partition coefficient (Wildman–Crippen LogP) is 2.50. The summed E-state index contributed by atoms with van der Waals surface area (Å²) in [5.74, 6) is 0. The minimum absolute atomic E-state index is 0.691. The third-order valence-corrected chi connectivity index (χ3v) is 2.46. The molecule has 0 aliphatic carbocycles. The number of hydrogen-bond donors (Lipinski definition) is 1. The molecule has 0 saturated carbocycles. The molecule has 0 radical (unpaired) electrons. The first-order valence-electron chi connectivity index (χ1n) is 6.16. The Morgan fingerprint density at radius 1 is 1.07 bits per heavy atom. The molecule has 0 aliphatic heterocycles. The maximum Gasteiger partial charge on any atom is 0.0194 e. The van der Waals surface area contributed by atoms with Gasteiger partial charge in [-0.1, -0.05) is 27.2 Å². The van der Waals surface area contributed by atoms with E-state index >= 15 is 0 Å². The van der Waals surface area contributed by atoms with Gasteiger partial charge in [0, 0.05) is 12.6 Å². The molecule has 0 bridgehead atoms. The van der Waals surface area contributed by atoms with Gasteiger partial charge < -0.3 is 10.2 Å². The lowest BCUT2D eigenvalue weighted by molar-refractivity contribution is 0.280. The Morgan fingerprint density at radius 3 is 2.29 bits per heavy atom. The Hall–Kier alpha value is -0.0800. The van der Waals surface area contributed by atoms with Crippen LogP contribution in [-0.4, -0.2) is 37.6 Å². The molecular weight excluding hydrogens is 172 g/mol. The fourth-order valence-corrected chi connectivity index (χ4v) is 1.80. The molecule has 0 saturated heterocycles. The summed E-state index contributed by atoms with van der Waals surface area (Å²) >= 11 is 0. The highest BCUT2D eigenvalue weighted by Crippen LogP contribution is 1.99. The number of rotatable bonds is 9. The molecule has 0 aromatic carbocycles. The van der Waals surface area contributed by atoms with Crippen LogP contribution in [0.25, 0.3) is 0 Å². The summed E-state index contributed by atoms with van der Waals surface area (Å²) < 4.78 is 0. The molecule has 0 aromatic heterocycles. The Kier molecular flexibility index (Phi) is 9.42. The molecule has 86 valence electrons. The molecule has 1 atom stereocenters. The monoisotopic (exact) mass is 200 g/mol. The van der Waals surface area contributed by atoms with Crippen LogP contribution in [0.2, 0.25) is 0 Å². The first-order chi connectivity index (χ1) is 6.74. The van der Waals surface area contributed by atoms with Crippen LogP contribution < -0.4 is 5.32 Å². The molecule has 1 N–H and O–H groups in total. The molecule has 0 aromatic rings. The minimum Gasteiger partial charge on any atom is -0.313 e. The SMILES string of the molecule is CCCNC(CCC)CN(C)CCC.